The van der Waals surface area contributed by atoms with Crippen molar-refractivity contribution < 1.29 is 9.53 Å². The Kier molecular flexibility index (Phi) is 4.63. The number of piperidine rings is 1. The van der Waals surface area contributed by atoms with E-state index in [0.717, 1.165) is 45.3 Å². The van der Waals surface area contributed by atoms with Gasteiger partial charge in [0, 0.05) is 38.5 Å². The molecule has 3 heterocycles. The van der Waals surface area contributed by atoms with Gasteiger partial charge in [-0.25, -0.2) is 0 Å². The van der Waals surface area contributed by atoms with Crippen molar-refractivity contribution in [1.82, 2.24) is 9.47 Å². The fourth-order valence-corrected chi connectivity index (χ4v) is 3.66. The standard InChI is InChI=1S/C17H26N2O2/c1-18-11-4-8-15(18)16-7-2-3-12-19(16)17(20)10-9-14-6-5-13-21-14/h4,8,11,14,16H,2-3,5-7,9-10,12-13H2,1H3/t14-,16-/m0/s1. The topological polar surface area (TPSA) is 34.5 Å². The number of nitrogens with zero attached hydrogens (tertiary/aromatic N) is 2. The van der Waals surface area contributed by atoms with Crippen molar-refractivity contribution in [2.45, 2.75) is 57.1 Å². The fraction of sp³-hybridized carbons (Fsp3) is 0.706. The molecule has 0 spiro atoms. The summed E-state index contributed by atoms with van der Waals surface area (Å²) in [6.45, 7) is 1.77. The number of carbonyl (C=O) groups is 1. The van der Waals surface area contributed by atoms with Gasteiger partial charge in [-0.1, -0.05) is 0 Å². The molecule has 3 rings (SSSR count). The largest absolute Gasteiger partial charge is 0.378 e. The van der Waals surface area contributed by atoms with E-state index in [-0.39, 0.29) is 6.04 Å². The summed E-state index contributed by atoms with van der Waals surface area (Å²) in [5.41, 5.74) is 1.26. The molecule has 2 aliphatic rings. The highest BCUT2D eigenvalue weighted by atomic mass is 16.5. The second-order valence-corrected chi connectivity index (χ2v) is 6.32. The Morgan fingerprint density at radius 1 is 1.33 bits per heavy atom. The Bertz CT molecular complexity index is 477. The first-order valence-electron chi connectivity index (χ1n) is 8.28. The number of amides is 1. The molecule has 1 aromatic heterocycles. The molecule has 1 amide bonds. The molecule has 0 N–H and O–H groups in total. The Hall–Kier alpha value is -1.29. The van der Waals surface area contributed by atoms with E-state index in [0.29, 0.717) is 18.4 Å². The van der Waals surface area contributed by atoms with Crippen LogP contribution < -0.4 is 0 Å². The molecule has 0 radical (unpaired) electrons. The minimum absolute atomic E-state index is 0.260. The molecule has 1 aromatic rings. The van der Waals surface area contributed by atoms with Gasteiger partial charge in [-0.3, -0.25) is 4.79 Å². The van der Waals surface area contributed by atoms with E-state index in [9.17, 15) is 4.79 Å². The van der Waals surface area contributed by atoms with E-state index < -0.39 is 0 Å². The molecule has 116 valence electrons. The van der Waals surface area contributed by atoms with Crippen LogP contribution in [0.3, 0.4) is 0 Å². The van der Waals surface area contributed by atoms with Crippen LogP contribution >= 0.6 is 0 Å². The lowest BCUT2D eigenvalue weighted by molar-refractivity contribution is -0.135. The van der Waals surface area contributed by atoms with E-state index in [4.69, 9.17) is 4.74 Å². The second kappa shape index (κ2) is 6.65. The van der Waals surface area contributed by atoms with Crippen LogP contribution in [0.25, 0.3) is 0 Å². The molecule has 0 saturated carbocycles. The molecule has 21 heavy (non-hydrogen) atoms. The highest BCUT2D eigenvalue weighted by molar-refractivity contribution is 5.76. The third kappa shape index (κ3) is 3.31. The van der Waals surface area contributed by atoms with E-state index >= 15 is 0 Å². The van der Waals surface area contributed by atoms with E-state index in [1.54, 1.807) is 0 Å². The van der Waals surface area contributed by atoms with Crippen LogP contribution in [-0.4, -0.2) is 34.6 Å². The molecule has 0 aliphatic carbocycles. The minimum Gasteiger partial charge on any atom is -0.378 e. The van der Waals surface area contributed by atoms with Crippen LogP contribution in [0.1, 0.15) is 56.7 Å². The summed E-state index contributed by atoms with van der Waals surface area (Å²) in [4.78, 5) is 14.7. The molecule has 2 atom stereocenters. The molecule has 4 nitrogen and oxygen atoms in total. The summed E-state index contributed by atoms with van der Waals surface area (Å²) in [6.07, 6.45) is 9.59. The zero-order valence-corrected chi connectivity index (χ0v) is 13.0. The van der Waals surface area contributed by atoms with Gasteiger partial charge in [-0.2, -0.15) is 0 Å². The number of aryl methyl sites for hydroxylation is 1. The van der Waals surface area contributed by atoms with Gasteiger partial charge in [0.05, 0.1) is 12.1 Å². The van der Waals surface area contributed by atoms with Crippen molar-refractivity contribution in [2.75, 3.05) is 13.2 Å². The third-order valence-corrected chi connectivity index (χ3v) is 4.85. The van der Waals surface area contributed by atoms with Crippen molar-refractivity contribution in [3.63, 3.8) is 0 Å². The van der Waals surface area contributed by atoms with Gasteiger partial charge >= 0.3 is 0 Å². The van der Waals surface area contributed by atoms with Crippen LogP contribution in [0.2, 0.25) is 0 Å². The molecule has 2 aliphatic heterocycles. The molecule has 4 heteroatoms. The highest BCUT2D eigenvalue weighted by Gasteiger charge is 2.29. The summed E-state index contributed by atoms with van der Waals surface area (Å²) < 4.78 is 7.78. The van der Waals surface area contributed by atoms with Gasteiger partial charge in [0.25, 0.3) is 0 Å². The monoisotopic (exact) mass is 290 g/mol. The average molecular weight is 290 g/mol. The number of aromatic nitrogens is 1. The quantitative estimate of drug-likeness (QED) is 0.854. The summed E-state index contributed by atoms with van der Waals surface area (Å²) in [6, 6.07) is 4.48. The van der Waals surface area contributed by atoms with Crippen LogP contribution in [0.15, 0.2) is 18.3 Å². The maximum atomic E-state index is 12.6. The lowest BCUT2D eigenvalue weighted by atomic mass is 9.98. The summed E-state index contributed by atoms with van der Waals surface area (Å²) >= 11 is 0. The summed E-state index contributed by atoms with van der Waals surface area (Å²) in [5.74, 6) is 0.302. The Balaban J connectivity index is 1.63. The number of carbonyl (C=O) groups excluding carboxylic acids is 1. The van der Waals surface area contributed by atoms with E-state index in [1.165, 1.54) is 12.1 Å². The molecular formula is C17H26N2O2. The number of hydrogen-bond donors (Lipinski definition) is 0. The Morgan fingerprint density at radius 2 is 2.24 bits per heavy atom. The Morgan fingerprint density at radius 3 is 2.95 bits per heavy atom. The maximum absolute atomic E-state index is 12.6. The summed E-state index contributed by atoms with van der Waals surface area (Å²) in [7, 11) is 2.07. The van der Waals surface area contributed by atoms with Crippen molar-refractivity contribution in [3.8, 4) is 0 Å². The zero-order chi connectivity index (χ0) is 14.7. The second-order valence-electron chi connectivity index (χ2n) is 6.32. The molecule has 0 aromatic carbocycles. The zero-order valence-electron chi connectivity index (χ0n) is 13.0. The first-order chi connectivity index (χ1) is 10.3. The predicted molar refractivity (Wildman–Crippen MR) is 81.9 cm³/mol. The van der Waals surface area contributed by atoms with Crippen LogP contribution in [0.4, 0.5) is 0 Å². The first-order valence-corrected chi connectivity index (χ1v) is 8.28. The van der Waals surface area contributed by atoms with Crippen molar-refractivity contribution >= 4 is 5.91 Å². The first kappa shape index (κ1) is 14.6. The maximum Gasteiger partial charge on any atom is 0.223 e. The Labute approximate surface area is 127 Å². The van der Waals surface area contributed by atoms with Gasteiger partial charge in [0.1, 0.15) is 0 Å². The molecule has 2 saturated heterocycles. The van der Waals surface area contributed by atoms with Crippen molar-refractivity contribution in [1.29, 1.82) is 0 Å². The lowest BCUT2D eigenvalue weighted by Gasteiger charge is -2.36. The van der Waals surface area contributed by atoms with Crippen LogP contribution in [0.5, 0.6) is 0 Å². The molecule has 2 fully saturated rings. The molecule has 0 unspecified atom stereocenters. The normalized spacial score (nSPS) is 26.2. The van der Waals surface area contributed by atoms with Gasteiger partial charge in [-0.05, 0) is 50.7 Å². The lowest BCUT2D eigenvalue weighted by Crippen LogP contribution is -2.39. The fourth-order valence-electron chi connectivity index (χ4n) is 3.66. The van der Waals surface area contributed by atoms with Gasteiger partial charge in [-0.15, -0.1) is 0 Å². The van der Waals surface area contributed by atoms with Crippen LogP contribution in [0, 0.1) is 0 Å². The van der Waals surface area contributed by atoms with E-state index in [1.807, 2.05) is 0 Å². The SMILES string of the molecule is Cn1cccc1[C@@H]1CCCCN1C(=O)CC[C@@H]1CCCO1. The number of rotatable bonds is 4. The van der Waals surface area contributed by atoms with Crippen molar-refractivity contribution in [2.24, 2.45) is 7.05 Å². The third-order valence-electron chi connectivity index (χ3n) is 4.85. The number of ether oxygens (including phenoxy) is 1. The highest BCUT2D eigenvalue weighted by Crippen LogP contribution is 2.32. The van der Waals surface area contributed by atoms with Gasteiger partial charge in [0.15, 0.2) is 0 Å². The summed E-state index contributed by atoms with van der Waals surface area (Å²) in [5, 5.41) is 0. The smallest absolute Gasteiger partial charge is 0.223 e. The molecule has 0 bridgehead atoms. The molecular weight excluding hydrogens is 264 g/mol. The van der Waals surface area contributed by atoms with Gasteiger partial charge in [0.2, 0.25) is 5.91 Å². The van der Waals surface area contributed by atoms with Crippen molar-refractivity contribution in [3.05, 3.63) is 24.0 Å². The average Bonchev–Trinajstić information content (AvgIpc) is 3.16. The van der Waals surface area contributed by atoms with Crippen LogP contribution in [-0.2, 0) is 16.6 Å². The van der Waals surface area contributed by atoms with E-state index in [2.05, 4.69) is 34.8 Å². The minimum atomic E-state index is 0.260. The van der Waals surface area contributed by atoms with Gasteiger partial charge < -0.3 is 14.2 Å². The number of likely N-dealkylation sites (tertiary alicyclic amines) is 1. The number of hydrogen-bond acceptors (Lipinski definition) is 2. The predicted octanol–water partition coefficient (Wildman–Crippen LogP) is 3.04.